The summed E-state index contributed by atoms with van der Waals surface area (Å²) in [4.78, 5) is 14.3. The molecule has 0 aliphatic carbocycles. The first kappa shape index (κ1) is 20.2. The van der Waals surface area contributed by atoms with Crippen LogP contribution >= 0.6 is 0 Å². The van der Waals surface area contributed by atoms with Crippen molar-refractivity contribution < 1.29 is 22.7 Å². The topological polar surface area (TPSA) is 84.9 Å². The van der Waals surface area contributed by atoms with Crippen LogP contribution in [0, 0.1) is 0 Å². The van der Waals surface area contributed by atoms with Crippen LogP contribution in [-0.2, 0) is 14.8 Å². The Bertz CT molecular complexity index is 928. The highest BCUT2D eigenvalue weighted by Gasteiger charge is 2.23. The van der Waals surface area contributed by atoms with Crippen LogP contribution in [0.25, 0.3) is 0 Å². The maximum atomic E-state index is 12.6. The second-order valence-electron chi connectivity index (χ2n) is 6.55. The molecule has 2 aromatic rings. The molecule has 0 unspecified atom stereocenters. The van der Waals surface area contributed by atoms with Crippen molar-refractivity contribution >= 4 is 21.6 Å². The number of hydrogen-bond donors (Lipinski definition) is 1. The number of amides is 1. The summed E-state index contributed by atoms with van der Waals surface area (Å²) in [7, 11) is -3.56. The summed E-state index contributed by atoms with van der Waals surface area (Å²) < 4.78 is 38.3. The first-order valence-electron chi connectivity index (χ1n) is 9.18. The Kier molecular flexibility index (Phi) is 6.21. The summed E-state index contributed by atoms with van der Waals surface area (Å²) in [6.07, 6.45) is 0.702. The van der Waals surface area contributed by atoms with Gasteiger partial charge in [-0.2, -0.15) is 0 Å². The maximum absolute atomic E-state index is 12.6. The summed E-state index contributed by atoms with van der Waals surface area (Å²) in [5.41, 5.74) is 0.722. The Hall–Kier alpha value is -2.58. The molecule has 3 rings (SSSR count). The average molecular weight is 404 g/mol. The molecule has 7 nitrogen and oxygen atoms in total. The molecule has 0 saturated carbocycles. The van der Waals surface area contributed by atoms with E-state index >= 15 is 0 Å². The van der Waals surface area contributed by atoms with Crippen LogP contribution in [-0.4, -0.2) is 40.1 Å². The largest absolute Gasteiger partial charge is 0.490 e. The Morgan fingerprint density at radius 3 is 2.64 bits per heavy atom. The van der Waals surface area contributed by atoms with Gasteiger partial charge >= 0.3 is 0 Å². The van der Waals surface area contributed by atoms with Crippen LogP contribution in [0.5, 0.6) is 11.5 Å². The van der Waals surface area contributed by atoms with Gasteiger partial charge in [-0.1, -0.05) is 19.1 Å². The van der Waals surface area contributed by atoms with Crippen molar-refractivity contribution in [3.63, 3.8) is 0 Å². The van der Waals surface area contributed by atoms with Gasteiger partial charge in [-0.15, -0.1) is 0 Å². The lowest BCUT2D eigenvalue weighted by molar-refractivity contribution is -0.120. The molecule has 1 atom stereocenters. The highest BCUT2D eigenvalue weighted by molar-refractivity contribution is 7.89. The summed E-state index contributed by atoms with van der Waals surface area (Å²) in [5, 5.41) is 0. The lowest BCUT2D eigenvalue weighted by Gasteiger charge is -2.29. The van der Waals surface area contributed by atoms with E-state index in [-0.39, 0.29) is 23.5 Å². The normalized spacial score (nSPS) is 14.7. The minimum Gasteiger partial charge on any atom is -0.490 e. The number of rotatable bonds is 7. The van der Waals surface area contributed by atoms with Gasteiger partial charge < -0.3 is 14.4 Å². The second kappa shape index (κ2) is 8.62. The zero-order chi connectivity index (χ0) is 20.1. The fourth-order valence-corrected chi connectivity index (χ4v) is 4.11. The molecule has 1 aliphatic heterocycles. The van der Waals surface area contributed by atoms with Crippen LogP contribution in [0.2, 0.25) is 0 Å². The zero-order valence-corrected chi connectivity index (χ0v) is 16.7. The van der Waals surface area contributed by atoms with E-state index in [9.17, 15) is 13.2 Å². The van der Waals surface area contributed by atoms with Gasteiger partial charge in [0.15, 0.2) is 6.61 Å². The van der Waals surface area contributed by atoms with E-state index in [4.69, 9.17) is 9.47 Å². The van der Waals surface area contributed by atoms with Gasteiger partial charge in [0.2, 0.25) is 10.0 Å². The third-order valence-electron chi connectivity index (χ3n) is 4.49. The van der Waals surface area contributed by atoms with Crippen LogP contribution in [0.3, 0.4) is 0 Å². The molecule has 1 aliphatic rings. The quantitative estimate of drug-likeness (QED) is 0.767. The molecule has 0 aromatic heterocycles. The van der Waals surface area contributed by atoms with Crippen LogP contribution in [0.1, 0.15) is 20.3 Å². The number of hydrogen-bond acceptors (Lipinski definition) is 5. The van der Waals surface area contributed by atoms with Crippen LogP contribution < -0.4 is 19.1 Å². The van der Waals surface area contributed by atoms with E-state index in [0.717, 1.165) is 5.69 Å². The molecule has 0 bridgehead atoms. The number of benzene rings is 2. The number of ether oxygens (including phenoxy) is 2. The van der Waals surface area contributed by atoms with Crippen molar-refractivity contribution in [1.29, 1.82) is 0 Å². The molecule has 0 spiro atoms. The van der Waals surface area contributed by atoms with Crippen molar-refractivity contribution in [2.75, 3.05) is 24.7 Å². The molecule has 1 N–H and O–H groups in total. The van der Waals surface area contributed by atoms with E-state index < -0.39 is 10.0 Å². The van der Waals surface area contributed by atoms with E-state index in [0.29, 0.717) is 31.1 Å². The number of nitrogens with zero attached hydrogens (tertiary/aromatic N) is 1. The molecule has 0 radical (unpaired) electrons. The zero-order valence-electron chi connectivity index (χ0n) is 15.9. The minimum atomic E-state index is -3.56. The van der Waals surface area contributed by atoms with Gasteiger partial charge in [0.05, 0.1) is 17.1 Å². The molecular weight excluding hydrogens is 380 g/mol. The fraction of sp³-hybridized carbons (Fsp3) is 0.350. The SMILES string of the molecule is CC[C@H](C)NS(=O)(=O)c1ccc(OCC(=O)N2CCOc3ccccc32)cc1. The number of carbonyl (C=O) groups is 1. The Labute approximate surface area is 165 Å². The Balaban J connectivity index is 1.62. The summed E-state index contributed by atoms with van der Waals surface area (Å²) >= 11 is 0. The van der Waals surface area contributed by atoms with Crippen molar-refractivity contribution in [2.45, 2.75) is 31.2 Å². The highest BCUT2D eigenvalue weighted by atomic mass is 32.2. The predicted octanol–water partition coefficient (Wildman–Crippen LogP) is 2.57. The summed E-state index contributed by atoms with van der Waals surface area (Å²) in [5.74, 6) is 0.911. The minimum absolute atomic E-state index is 0.144. The van der Waals surface area contributed by atoms with Gasteiger partial charge in [-0.3, -0.25) is 4.79 Å². The van der Waals surface area contributed by atoms with Crippen molar-refractivity contribution in [3.05, 3.63) is 48.5 Å². The number of anilines is 1. The lowest BCUT2D eigenvalue weighted by Crippen LogP contribution is -2.40. The summed E-state index contributed by atoms with van der Waals surface area (Å²) in [6, 6.07) is 13.2. The number of para-hydroxylation sites is 2. The molecule has 8 heteroatoms. The second-order valence-corrected chi connectivity index (χ2v) is 8.27. The first-order valence-corrected chi connectivity index (χ1v) is 10.7. The molecular formula is C20H24N2O5S. The van der Waals surface area contributed by atoms with Crippen molar-refractivity contribution in [3.8, 4) is 11.5 Å². The fourth-order valence-electron chi connectivity index (χ4n) is 2.78. The molecule has 0 saturated heterocycles. The Morgan fingerprint density at radius 1 is 1.21 bits per heavy atom. The van der Waals surface area contributed by atoms with Gasteiger partial charge in [0.25, 0.3) is 5.91 Å². The van der Waals surface area contributed by atoms with E-state index in [1.807, 2.05) is 38.1 Å². The van der Waals surface area contributed by atoms with Crippen molar-refractivity contribution in [1.82, 2.24) is 4.72 Å². The number of fused-ring (bicyclic) bond motifs is 1. The average Bonchev–Trinajstić information content (AvgIpc) is 2.71. The van der Waals surface area contributed by atoms with Crippen LogP contribution in [0.15, 0.2) is 53.4 Å². The smallest absolute Gasteiger partial charge is 0.265 e. The maximum Gasteiger partial charge on any atom is 0.265 e. The van der Waals surface area contributed by atoms with Gasteiger partial charge in [0.1, 0.15) is 18.1 Å². The third-order valence-corrected chi connectivity index (χ3v) is 6.10. The number of carbonyl (C=O) groups excluding carboxylic acids is 1. The number of nitrogens with one attached hydrogen (secondary N) is 1. The molecule has 1 amide bonds. The third kappa shape index (κ3) is 4.63. The van der Waals surface area contributed by atoms with Gasteiger partial charge in [0, 0.05) is 6.04 Å². The standard InChI is InChI=1S/C20H24N2O5S/c1-3-15(2)21-28(24,25)17-10-8-16(9-11-17)27-14-20(23)22-12-13-26-19-7-5-4-6-18(19)22/h4-11,15,21H,3,12-14H2,1-2H3/t15-/m0/s1. The predicted molar refractivity (Wildman–Crippen MR) is 106 cm³/mol. The van der Waals surface area contributed by atoms with Gasteiger partial charge in [-0.25, -0.2) is 13.1 Å². The van der Waals surface area contributed by atoms with Gasteiger partial charge in [-0.05, 0) is 49.7 Å². The van der Waals surface area contributed by atoms with Crippen LogP contribution in [0.4, 0.5) is 5.69 Å². The number of sulfonamides is 1. The van der Waals surface area contributed by atoms with Crippen molar-refractivity contribution in [2.24, 2.45) is 0 Å². The summed E-state index contributed by atoms with van der Waals surface area (Å²) in [6.45, 7) is 4.46. The monoisotopic (exact) mass is 404 g/mol. The van der Waals surface area contributed by atoms with E-state index in [1.165, 1.54) is 12.1 Å². The lowest BCUT2D eigenvalue weighted by atomic mass is 10.2. The molecule has 1 heterocycles. The molecule has 28 heavy (non-hydrogen) atoms. The highest BCUT2D eigenvalue weighted by Crippen LogP contribution is 2.31. The molecule has 150 valence electrons. The Morgan fingerprint density at radius 2 is 1.93 bits per heavy atom. The van der Waals surface area contributed by atoms with E-state index in [2.05, 4.69) is 4.72 Å². The molecule has 2 aromatic carbocycles. The first-order chi connectivity index (χ1) is 13.4. The van der Waals surface area contributed by atoms with E-state index in [1.54, 1.807) is 17.0 Å². The molecule has 0 fully saturated rings.